The highest BCUT2D eigenvalue weighted by molar-refractivity contribution is 9.10. The number of esters is 1. The van der Waals surface area contributed by atoms with Gasteiger partial charge in [0.25, 0.3) is 0 Å². The molecule has 1 aromatic rings. The molecule has 0 aliphatic heterocycles. The number of carbonyl (C=O) groups excluding carboxylic acids is 1. The van der Waals surface area contributed by atoms with E-state index in [0.717, 1.165) is 10.7 Å². The normalized spacial score (nSPS) is 11.1. The molecule has 0 heterocycles. The zero-order chi connectivity index (χ0) is 10.6. The Kier molecular flexibility index (Phi) is 3.71. The molecule has 0 fully saturated rings. The highest BCUT2D eigenvalue weighted by Crippen LogP contribution is 2.24. The third-order valence-corrected chi connectivity index (χ3v) is 2.39. The second-order valence-electron chi connectivity index (χ2n) is 2.51. The van der Waals surface area contributed by atoms with Crippen LogP contribution in [0.2, 0.25) is 0 Å². The molecule has 0 aromatic heterocycles. The number of methoxy groups -OCH3 is 1. The van der Waals surface area contributed by atoms with Crippen LogP contribution in [-0.2, 0) is 9.53 Å². The number of hydrogen-bond acceptors (Lipinski definition) is 3. The first-order valence-electron chi connectivity index (χ1n) is 3.88. The Bertz CT molecular complexity index is 371. The zero-order valence-electron chi connectivity index (χ0n) is 7.53. The van der Waals surface area contributed by atoms with E-state index in [1.54, 1.807) is 18.2 Å². The second kappa shape index (κ2) is 4.81. The highest BCUT2D eigenvalue weighted by Gasteiger charge is 2.14. The molecule has 4 heteroatoms. The molecular formula is C10H9BrO3. The largest absolute Gasteiger partial charge is 0.515 e. The van der Waals surface area contributed by atoms with E-state index < -0.39 is 5.97 Å². The van der Waals surface area contributed by atoms with Crippen molar-refractivity contribution < 1.29 is 14.6 Å². The van der Waals surface area contributed by atoms with Crippen LogP contribution in [0.25, 0.3) is 5.57 Å². The summed E-state index contributed by atoms with van der Waals surface area (Å²) in [6, 6.07) is 7.08. The molecule has 74 valence electrons. The number of aliphatic hydroxyl groups excluding tert-OH is 1. The van der Waals surface area contributed by atoms with Gasteiger partial charge in [-0.2, -0.15) is 0 Å². The summed E-state index contributed by atoms with van der Waals surface area (Å²) in [6.45, 7) is 0. The van der Waals surface area contributed by atoms with Crippen molar-refractivity contribution in [1.82, 2.24) is 0 Å². The third kappa shape index (κ3) is 2.14. The molecule has 1 N–H and O–H groups in total. The number of aliphatic hydroxyl groups is 1. The molecule has 0 unspecified atom stereocenters. The Balaban J connectivity index is 3.15. The summed E-state index contributed by atoms with van der Waals surface area (Å²) in [6.07, 6.45) is 0.742. The molecular weight excluding hydrogens is 248 g/mol. The topological polar surface area (TPSA) is 46.5 Å². The summed E-state index contributed by atoms with van der Waals surface area (Å²) in [5, 5.41) is 8.92. The number of hydrogen-bond donors (Lipinski definition) is 1. The SMILES string of the molecule is COC(=O)C(=CO)c1ccccc1Br. The molecule has 1 aromatic carbocycles. The molecule has 0 radical (unpaired) electrons. The average Bonchev–Trinajstić information content (AvgIpc) is 2.21. The van der Waals surface area contributed by atoms with Gasteiger partial charge in [0, 0.05) is 10.0 Å². The summed E-state index contributed by atoms with van der Waals surface area (Å²) in [7, 11) is 1.27. The summed E-state index contributed by atoms with van der Waals surface area (Å²) in [4.78, 5) is 11.2. The predicted molar refractivity (Wildman–Crippen MR) is 56.8 cm³/mol. The van der Waals surface area contributed by atoms with Crippen molar-refractivity contribution in [3.05, 3.63) is 40.6 Å². The summed E-state index contributed by atoms with van der Waals surface area (Å²) in [5.74, 6) is -0.570. The van der Waals surface area contributed by atoms with Crippen molar-refractivity contribution in [2.75, 3.05) is 7.11 Å². The fourth-order valence-electron chi connectivity index (χ4n) is 1.02. The van der Waals surface area contributed by atoms with Gasteiger partial charge in [0.2, 0.25) is 0 Å². The van der Waals surface area contributed by atoms with Crippen LogP contribution in [0.1, 0.15) is 5.56 Å². The maximum absolute atomic E-state index is 11.2. The van der Waals surface area contributed by atoms with E-state index in [0.29, 0.717) is 5.56 Å². The molecule has 0 aliphatic rings. The van der Waals surface area contributed by atoms with Crippen molar-refractivity contribution in [1.29, 1.82) is 0 Å². The predicted octanol–water partition coefficient (Wildman–Crippen LogP) is 2.52. The summed E-state index contributed by atoms with van der Waals surface area (Å²) >= 11 is 3.28. The van der Waals surface area contributed by atoms with Crippen LogP contribution >= 0.6 is 15.9 Å². The minimum absolute atomic E-state index is 0.125. The number of ether oxygens (including phenoxy) is 1. The number of carbonyl (C=O) groups is 1. The lowest BCUT2D eigenvalue weighted by Gasteiger charge is -2.05. The van der Waals surface area contributed by atoms with Crippen LogP contribution in [0.15, 0.2) is 35.0 Å². The van der Waals surface area contributed by atoms with Gasteiger partial charge in [-0.05, 0) is 6.07 Å². The number of rotatable bonds is 2. The summed E-state index contributed by atoms with van der Waals surface area (Å²) < 4.78 is 5.25. The molecule has 1 rings (SSSR count). The van der Waals surface area contributed by atoms with E-state index in [4.69, 9.17) is 5.11 Å². The van der Waals surface area contributed by atoms with Crippen LogP contribution in [0.3, 0.4) is 0 Å². The smallest absolute Gasteiger partial charge is 0.341 e. The summed E-state index contributed by atoms with van der Waals surface area (Å²) in [5.41, 5.74) is 0.724. The minimum Gasteiger partial charge on any atom is -0.515 e. The van der Waals surface area contributed by atoms with Gasteiger partial charge < -0.3 is 9.84 Å². The first-order chi connectivity index (χ1) is 6.70. The third-order valence-electron chi connectivity index (χ3n) is 1.70. The van der Waals surface area contributed by atoms with Crippen molar-refractivity contribution in [2.45, 2.75) is 0 Å². The van der Waals surface area contributed by atoms with E-state index in [2.05, 4.69) is 20.7 Å². The molecule has 0 bridgehead atoms. The minimum atomic E-state index is -0.570. The Hall–Kier alpha value is -1.29. The molecule has 14 heavy (non-hydrogen) atoms. The lowest BCUT2D eigenvalue weighted by molar-refractivity contribution is -0.133. The molecule has 0 spiro atoms. The first-order valence-corrected chi connectivity index (χ1v) is 4.67. The lowest BCUT2D eigenvalue weighted by Crippen LogP contribution is -2.04. The highest BCUT2D eigenvalue weighted by atomic mass is 79.9. The van der Waals surface area contributed by atoms with Crippen LogP contribution < -0.4 is 0 Å². The fourth-order valence-corrected chi connectivity index (χ4v) is 1.52. The molecule has 0 atom stereocenters. The van der Waals surface area contributed by atoms with Crippen LogP contribution in [0, 0.1) is 0 Å². The van der Waals surface area contributed by atoms with Gasteiger partial charge in [-0.15, -0.1) is 0 Å². The van der Waals surface area contributed by atoms with Crippen molar-refractivity contribution in [3.63, 3.8) is 0 Å². The van der Waals surface area contributed by atoms with Crippen LogP contribution in [-0.4, -0.2) is 18.2 Å². The molecule has 3 nitrogen and oxygen atoms in total. The molecule has 0 amide bonds. The Labute approximate surface area is 90.1 Å². The second-order valence-corrected chi connectivity index (χ2v) is 3.37. The van der Waals surface area contributed by atoms with Gasteiger partial charge in [0.1, 0.15) is 5.57 Å². The first kappa shape index (κ1) is 10.8. The Morgan fingerprint density at radius 1 is 1.50 bits per heavy atom. The van der Waals surface area contributed by atoms with Gasteiger partial charge in [-0.25, -0.2) is 4.79 Å². The maximum Gasteiger partial charge on any atom is 0.341 e. The standard InChI is InChI=1S/C10H9BrO3/c1-14-10(13)8(6-12)7-4-2-3-5-9(7)11/h2-6,12H,1H3. The number of benzene rings is 1. The van der Waals surface area contributed by atoms with Gasteiger partial charge in [-0.3, -0.25) is 0 Å². The van der Waals surface area contributed by atoms with Crippen LogP contribution in [0.4, 0.5) is 0 Å². The van der Waals surface area contributed by atoms with E-state index >= 15 is 0 Å². The maximum atomic E-state index is 11.2. The van der Waals surface area contributed by atoms with E-state index in [1.807, 2.05) is 6.07 Å². The molecule has 0 saturated carbocycles. The lowest BCUT2D eigenvalue weighted by atomic mass is 10.1. The zero-order valence-corrected chi connectivity index (χ0v) is 9.11. The van der Waals surface area contributed by atoms with Crippen molar-refractivity contribution in [3.8, 4) is 0 Å². The quantitative estimate of drug-likeness (QED) is 0.503. The number of halogens is 1. The molecule has 0 aliphatic carbocycles. The van der Waals surface area contributed by atoms with E-state index in [-0.39, 0.29) is 5.57 Å². The average molecular weight is 257 g/mol. The van der Waals surface area contributed by atoms with Crippen molar-refractivity contribution >= 4 is 27.5 Å². The van der Waals surface area contributed by atoms with Gasteiger partial charge >= 0.3 is 5.97 Å². The fraction of sp³-hybridized carbons (Fsp3) is 0.100. The Morgan fingerprint density at radius 3 is 2.64 bits per heavy atom. The van der Waals surface area contributed by atoms with Crippen LogP contribution in [0.5, 0.6) is 0 Å². The Morgan fingerprint density at radius 2 is 2.14 bits per heavy atom. The van der Waals surface area contributed by atoms with Gasteiger partial charge in [-0.1, -0.05) is 34.1 Å². The van der Waals surface area contributed by atoms with Gasteiger partial charge in [0.05, 0.1) is 13.4 Å². The van der Waals surface area contributed by atoms with Gasteiger partial charge in [0.15, 0.2) is 0 Å². The molecule has 0 saturated heterocycles. The van der Waals surface area contributed by atoms with E-state index in [1.165, 1.54) is 7.11 Å². The van der Waals surface area contributed by atoms with E-state index in [9.17, 15) is 4.79 Å². The monoisotopic (exact) mass is 256 g/mol. The van der Waals surface area contributed by atoms with Crippen molar-refractivity contribution in [2.24, 2.45) is 0 Å².